The van der Waals surface area contributed by atoms with Crippen LogP contribution in [0.5, 0.6) is 5.75 Å². The van der Waals surface area contributed by atoms with Crippen LogP contribution in [0.15, 0.2) is 66.7 Å². The summed E-state index contributed by atoms with van der Waals surface area (Å²) < 4.78 is 11.2. The summed E-state index contributed by atoms with van der Waals surface area (Å²) in [6, 6.07) is 22.0. The lowest BCUT2D eigenvalue weighted by Crippen LogP contribution is -2.35. The molecule has 0 atom stereocenters. The van der Waals surface area contributed by atoms with Gasteiger partial charge in [-0.1, -0.05) is 42.5 Å². The minimum atomic E-state index is -0.0787. The van der Waals surface area contributed by atoms with E-state index in [1.54, 1.807) is 0 Å². The number of morpholine rings is 1. The van der Waals surface area contributed by atoms with Crippen molar-refractivity contribution in [3.63, 3.8) is 0 Å². The highest BCUT2D eigenvalue weighted by Gasteiger charge is 2.11. The summed E-state index contributed by atoms with van der Waals surface area (Å²) in [7, 11) is 0. The van der Waals surface area contributed by atoms with Gasteiger partial charge in [0.15, 0.2) is 0 Å². The van der Waals surface area contributed by atoms with Crippen LogP contribution in [0.25, 0.3) is 10.8 Å². The zero-order valence-corrected chi connectivity index (χ0v) is 16.5. The van der Waals surface area contributed by atoms with Gasteiger partial charge in [-0.2, -0.15) is 0 Å². The standard InChI is InChI=1S/C24H26N2O3/c27-24(21-7-5-19(6-8-21)18-26-12-15-28-16-13-26)25-11-14-29-23-10-9-20-3-1-2-4-22(20)17-23/h1-10,17H,11-16,18H2,(H,25,27). The van der Waals surface area contributed by atoms with Crippen molar-refractivity contribution < 1.29 is 14.3 Å². The zero-order chi connectivity index (χ0) is 19.9. The van der Waals surface area contributed by atoms with Gasteiger partial charge in [-0.05, 0) is 40.6 Å². The van der Waals surface area contributed by atoms with Crippen LogP contribution < -0.4 is 10.1 Å². The van der Waals surface area contributed by atoms with Crippen LogP contribution in [0.2, 0.25) is 0 Å². The van der Waals surface area contributed by atoms with Crippen LogP contribution in [0.4, 0.5) is 0 Å². The third kappa shape index (κ3) is 5.34. The second kappa shape index (κ2) is 9.54. The maximum absolute atomic E-state index is 12.3. The van der Waals surface area contributed by atoms with Crippen molar-refractivity contribution in [1.29, 1.82) is 0 Å². The van der Waals surface area contributed by atoms with Crippen LogP contribution in [0, 0.1) is 0 Å². The molecule has 150 valence electrons. The number of nitrogens with zero attached hydrogens (tertiary/aromatic N) is 1. The molecule has 3 aromatic carbocycles. The Hall–Kier alpha value is -2.89. The fourth-order valence-electron chi connectivity index (χ4n) is 3.47. The Balaban J connectivity index is 1.22. The van der Waals surface area contributed by atoms with Crippen LogP contribution in [0.3, 0.4) is 0 Å². The fourth-order valence-corrected chi connectivity index (χ4v) is 3.47. The van der Waals surface area contributed by atoms with E-state index in [0.717, 1.165) is 44.0 Å². The number of hydrogen-bond acceptors (Lipinski definition) is 4. The number of benzene rings is 3. The summed E-state index contributed by atoms with van der Waals surface area (Å²) >= 11 is 0. The lowest BCUT2D eigenvalue weighted by Gasteiger charge is -2.26. The van der Waals surface area contributed by atoms with Crippen molar-refractivity contribution in [2.24, 2.45) is 0 Å². The van der Waals surface area contributed by atoms with Gasteiger partial charge in [-0.15, -0.1) is 0 Å². The van der Waals surface area contributed by atoms with E-state index in [9.17, 15) is 4.79 Å². The molecule has 1 saturated heterocycles. The number of carbonyl (C=O) groups is 1. The molecule has 0 aromatic heterocycles. The monoisotopic (exact) mass is 390 g/mol. The van der Waals surface area contributed by atoms with Gasteiger partial charge in [-0.3, -0.25) is 9.69 Å². The van der Waals surface area contributed by atoms with Gasteiger partial charge in [0.05, 0.1) is 19.8 Å². The number of fused-ring (bicyclic) bond motifs is 1. The molecular weight excluding hydrogens is 364 g/mol. The van der Waals surface area contributed by atoms with Crippen LogP contribution >= 0.6 is 0 Å². The van der Waals surface area contributed by atoms with Gasteiger partial charge in [0, 0.05) is 25.2 Å². The van der Waals surface area contributed by atoms with Gasteiger partial charge in [0.25, 0.3) is 5.91 Å². The molecule has 4 rings (SSSR count). The summed E-state index contributed by atoms with van der Waals surface area (Å²) in [4.78, 5) is 14.7. The molecule has 29 heavy (non-hydrogen) atoms. The second-order valence-electron chi connectivity index (χ2n) is 7.20. The topological polar surface area (TPSA) is 50.8 Å². The Morgan fingerprint density at radius 2 is 1.72 bits per heavy atom. The minimum Gasteiger partial charge on any atom is -0.492 e. The Morgan fingerprint density at radius 3 is 2.52 bits per heavy atom. The van der Waals surface area contributed by atoms with E-state index in [1.165, 1.54) is 10.9 Å². The van der Waals surface area contributed by atoms with Crippen molar-refractivity contribution >= 4 is 16.7 Å². The quantitative estimate of drug-likeness (QED) is 0.628. The molecule has 1 fully saturated rings. The number of hydrogen-bond donors (Lipinski definition) is 1. The third-order valence-electron chi connectivity index (χ3n) is 5.10. The summed E-state index contributed by atoms with van der Waals surface area (Å²) in [6.45, 7) is 5.29. The lowest BCUT2D eigenvalue weighted by molar-refractivity contribution is 0.0342. The Bertz CT molecular complexity index is 950. The summed E-state index contributed by atoms with van der Waals surface area (Å²) in [5, 5.41) is 5.25. The van der Waals surface area contributed by atoms with Crippen LogP contribution in [-0.2, 0) is 11.3 Å². The Morgan fingerprint density at radius 1 is 0.966 bits per heavy atom. The largest absolute Gasteiger partial charge is 0.492 e. The number of ether oxygens (including phenoxy) is 2. The fraction of sp³-hybridized carbons (Fsp3) is 0.292. The summed E-state index contributed by atoms with van der Waals surface area (Å²) in [5.74, 6) is 0.732. The predicted octanol–water partition coefficient (Wildman–Crippen LogP) is 3.48. The van der Waals surface area contributed by atoms with E-state index in [-0.39, 0.29) is 5.91 Å². The third-order valence-corrected chi connectivity index (χ3v) is 5.10. The number of rotatable bonds is 7. The highest BCUT2D eigenvalue weighted by atomic mass is 16.5. The molecule has 5 heteroatoms. The molecule has 1 aliphatic rings. The molecule has 3 aromatic rings. The van der Waals surface area contributed by atoms with Crippen molar-refractivity contribution in [3.05, 3.63) is 77.9 Å². The smallest absolute Gasteiger partial charge is 0.251 e. The van der Waals surface area contributed by atoms with E-state index in [0.29, 0.717) is 18.7 Å². The molecule has 1 heterocycles. The van der Waals surface area contributed by atoms with Gasteiger partial charge in [0.1, 0.15) is 12.4 Å². The average molecular weight is 390 g/mol. The van der Waals surface area contributed by atoms with E-state index in [1.807, 2.05) is 54.6 Å². The van der Waals surface area contributed by atoms with E-state index in [4.69, 9.17) is 9.47 Å². The first kappa shape index (κ1) is 19.4. The van der Waals surface area contributed by atoms with Crippen molar-refractivity contribution in [3.8, 4) is 5.75 Å². The normalized spacial score (nSPS) is 14.6. The van der Waals surface area contributed by atoms with Crippen molar-refractivity contribution in [2.75, 3.05) is 39.5 Å². The number of amides is 1. The molecule has 1 aliphatic heterocycles. The minimum absolute atomic E-state index is 0.0787. The highest BCUT2D eigenvalue weighted by Crippen LogP contribution is 2.20. The molecule has 0 unspecified atom stereocenters. The SMILES string of the molecule is O=C(NCCOc1ccc2ccccc2c1)c1ccc(CN2CCOCC2)cc1. The maximum atomic E-state index is 12.3. The molecule has 0 bridgehead atoms. The first-order valence-electron chi connectivity index (χ1n) is 10.1. The maximum Gasteiger partial charge on any atom is 0.251 e. The second-order valence-corrected chi connectivity index (χ2v) is 7.20. The zero-order valence-electron chi connectivity index (χ0n) is 16.5. The molecule has 0 aliphatic carbocycles. The Kier molecular flexibility index (Phi) is 6.39. The molecule has 5 nitrogen and oxygen atoms in total. The predicted molar refractivity (Wildman–Crippen MR) is 114 cm³/mol. The van der Waals surface area contributed by atoms with Crippen molar-refractivity contribution in [2.45, 2.75) is 6.54 Å². The number of nitrogens with one attached hydrogen (secondary N) is 1. The van der Waals surface area contributed by atoms with Gasteiger partial charge in [-0.25, -0.2) is 0 Å². The van der Waals surface area contributed by atoms with Gasteiger partial charge in [0.2, 0.25) is 0 Å². The van der Waals surface area contributed by atoms with E-state index in [2.05, 4.69) is 22.3 Å². The molecule has 0 radical (unpaired) electrons. The Labute approximate surface area is 171 Å². The average Bonchev–Trinajstić information content (AvgIpc) is 2.78. The van der Waals surface area contributed by atoms with E-state index >= 15 is 0 Å². The van der Waals surface area contributed by atoms with Crippen LogP contribution in [0.1, 0.15) is 15.9 Å². The lowest BCUT2D eigenvalue weighted by atomic mass is 10.1. The molecule has 1 amide bonds. The molecule has 0 saturated carbocycles. The molecular formula is C24H26N2O3. The summed E-state index contributed by atoms with van der Waals surface area (Å²) in [5.41, 5.74) is 1.88. The first-order valence-corrected chi connectivity index (χ1v) is 10.1. The highest BCUT2D eigenvalue weighted by molar-refractivity contribution is 5.94. The van der Waals surface area contributed by atoms with E-state index < -0.39 is 0 Å². The van der Waals surface area contributed by atoms with Crippen LogP contribution in [-0.4, -0.2) is 50.3 Å². The first-order chi connectivity index (χ1) is 14.3. The molecule has 0 spiro atoms. The number of carbonyl (C=O) groups excluding carboxylic acids is 1. The van der Waals surface area contributed by atoms with Gasteiger partial charge >= 0.3 is 0 Å². The van der Waals surface area contributed by atoms with Crippen molar-refractivity contribution in [1.82, 2.24) is 10.2 Å². The van der Waals surface area contributed by atoms with Gasteiger partial charge < -0.3 is 14.8 Å². The summed E-state index contributed by atoms with van der Waals surface area (Å²) in [6.07, 6.45) is 0. The molecule has 1 N–H and O–H groups in total.